The summed E-state index contributed by atoms with van der Waals surface area (Å²) >= 11 is 1.64. The van der Waals surface area contributed by atoms with E-state index in [2.05, 4.69) is 10.6 Å². The van der Waals surface area contributed by atoms with Gasteiger partial charge >= 0.3 is 6.03 Å². The minimum absolute atomic E-state index is 0.0709. The highest BCUT2D eigenvalue weighted by atomic mass is 32.1. The molecule has 17 heavy (non-hydrogen) atoms. The van der Waals surface area contributed by atoms with Crippen LogP contribution in [0.5, 0.6) is 0 Å². The Balaban J connectivity index is 2.33. The molecule has 1 heterocycles. The van der Waals surface area contributed by atoms with Crippen molar-refractivity contribution in [1.29, 1.82) is 0 Å². The van der Waals surface area contributed by atoms with Gasteiger partial charge in [-0.2, -0.15) is 0 Å². The molecular formula is C12H20N2O2S. The number of nitrogens with one attached hydrogen (secondary N) is 2. The van der Waals surface area contributed by atoms with Gasteiger partial charge in [0.15, 0.2) is 0 Å². The fourth-order valence-corrected chi connectivity index (χ4v) is 2.33. The maximum atomic E-state index is 11.6. The largest absolute Gasteiger partial charge is 0.393 e. The van der Waals surface area contributed by atoms with Gasteiger partial charge in [0.2, 0.25) is 0 Å². The van der Waals surface area contributed by atoms with Gasteiger partial charge in [0, 0.05) is 11.4 Å². The van der Waals surface area contributed by atoms with Crippen LogP contribution in [0.3, 0.4) is 0 Å². The summed E-state index contributed by atoms with van der Waals surface area (Å²) in [7, 11) is 0. The first-order valence-electron chi connectivity index (χ1n) is 5.89. The first-order chi connectivity index (χ1) is 8.13. The molecule has 3 N–H and O–H groups in total. The predicted octanol–water partition coefficient (Wildman–Crippen LogP) is 2.27. The van der Waals surface area contributed by atoms with Gasteiger partial charge in [0.1, 0.15) is 0 Å². The summed E-state index contributed by atoms with van der Waals surface area (Å²) in [6.07, 6.45) is 1.06. The summed E-state index contributed by atoms with van der Waals surface area (Å²) in [5.74, 6) is 0. The van der Waals surface area contributed by atoms with Crippen LogP contribution in [0.1, 0.15) is 37.6 Å². The summed E-state index contributed by atoms with van der Waals surface area (Å²) in [6, 6.07) is 3.90. The average molecular weight is 256 g/mol. The minimum Gasteiger partial charge on any atom is -0.393 e. The van der Waals surface area contributed by atoms with Crippen LogP contribution >= 0.6 is 11.3 Å². The van der Waals surface area contributed by atoms with Crippen molar-refractivity contribution in [3.05, 3.63) is 22.4 Å². The lowest BCUT2D eigenvalue weighted by Gasteiger charge is -2.16. The number of carbonyl (C=O) groups is 1. The third kappa shape index (κ3) is 5.19. The van der Waals surface area contributed by atoms with E-state index in [1.165, 1.54) is 0 Å². The van der Waals surface area contributed by atoms with Crippen molar-refractivity contribution in [2.24, 2.45) is 0 Å². The van der Waals surface area contributed by atoms with Crippen molar-refractivity contribution < 1.29 is 9.90 Å². The number of amides is 2. The molecule has 0 saturated heterocycles. The molecule has 1 rings (SSSR count). The molecule has 0 fully saturated rings. The van der Waals surface area contributed by atoms with Crippen LogP contribution in [0.2, 0.25) is 0 Å². The maximum absolute atomic E-state index is 11.6. The van der Waals surface area contributed by atoms with Crippen LogP contribution in [0.15, 0.2) is 17.5 Å². The van der Waals surface area contributed by atoms with Gasteiger partial charge in [-0.25, -0.2) is 4.79 Å². The zero-order valence-corrected chi connectivity index (χ0v) is 11.1. The van der Waals surface area contributed by atoms with Gasteiger partial charge < -0.3 is 15.7 Å². The summed E-state index contributed by atoms with van der Waals surface area (Å²) < 4.78 is 0. The van der Waals surface area contributed by atoms with Crippen molar-refractivity contribution in [2.45, 2.75) is 38.8 Å². The molecule has 2 amide bonds. The molecule has 96 valence electrons. The second-order valence-electron chi connectivity index (χ2n) is 4.01. The molecule has 4 nitrogen and oxygen atoms in total. The number of rotatable bonds is 6. The van der Waals surface area contributed by atoms with E-state index in [1.54, 1.807) is 18.3 Å². The summed E-state index contributed by atoms with van der Waals surface area (Å²) in [5, 5.41) is 16.7. The second-order valence-corrected chi connectivity index (χ2v) is 4.99. The first-order valence-corrected chi connectivity index (χ1v) is 6.77. The van der Waals surface area contributed by atoms with E-state index in [0.717, 1.165) is 11.3 Å². The van der Waals surface area contributed by atoms with Crippen LogP contribution in [0.4, 0.5) is 4.79 Å². The monoisotopic (exact) mass is 256 g/mol. The number of hydrogen-bond donors (Lipinski definition) is 3. The van der Waals surface area contributed by atoms with Gasteiger partial charge in [-0.05, 0) is 31.2 Å². The Hall–Kier alpha value is -1.07. The van der Waals surface area contributed by atoms with Gasteiger partial charge in [-0.3, -0.25) is 0 Å². The van der Waals surface area contributed by atoms with E-state index in [-0.39, 0.29) is 18.2 Å². The number of aliphatic hydroxyl groups is 1. The Kier molecular flexibility index (Phi) is 6.00. The van der Waals surface area contributed by atoms with Crippen LogP contribution in [0, 0.1) is 0 Å². The van der Waals surface area contributed by atoms with Crippen molar-refractivity contribution in [3.8, 4) is 0 Å². The third-order valence-electron chi connectivity index (χ3n) is 2.45. The Bertz CT molecular complexity index is 325. The smallest absolute Gasteiger partial charge is 0.315 e. The van der Waals surface area contributed by atoms with Crippen molar-refractivity contribution in [2.75, 3.05) is 6.54 Å². The highest BCUT2D eigenvalue weighted by molar-refractivity contribution is 7.10. The molecule has 0 spiro atoms. The quantitative estimate of drug-likeness (QED) is 0.731. The van der Waals surface area contributed by atoms with Gasteiger partial charge in [0.05, 0.1) is 12.1 Å². The van der Waals surface area contributed by atoms with E-state index in [9.17, 15) is 4.79 Å². The Morgan fingerprint density at radius 2 is 2.35 bits per heavy atom. The van der Waals surface area contributed by atoms with E-state index in [0.29, 0.717) is 13.0 Å². The van der Waals surface area contributed by atoms with Crippen LogP contribution in [-0.2, 0) is 0 Å². The number of urea groups is 1. The highest BCUT2D eigenvalue weighted by Gasteiger charge is 2.12. The standard InChI is InChI=1S/C12H20N2O2S/c1-3-10(11-5-4-8-17-11)14-12(16)13-7-6-9(2)15/h4-5,8-10,15H,3,6-7H2,1-2H3,(H2,13,14,16). The molecule has 0 aliphatic carbocycles. The summed E-state index contributed by atoms with van der Waals surface area (Å²) in [5.41, 5.74) is 0. The van der Waals surface area contributed by atoms with Crippen LogP contribution in [-0.4, -0.2) is 23.8 Å². The first kappa shape index (κ1) is 14.0. The number of aliphatic hydroxyl groups excluding tert-OH is 1. The van der Waals surface area contributed by atoms with E-state index < -0.39 is 0 Å². The Morgan fingerprint density at radius 3 is 2.88 bits per heavy atom. The molecule has 1 aromatic heterocycles. The minimum atomic E-state index is -0.380. The third-order valence-corrected chi connectivity index (χ3v) is 3.43. The van der Waals surface area contributed by atoms with Crippen LogP contribution < -0.4 is 10.6 Å². The molecule has 0 bridgehead atoms. The van der Waals surface area contributed by atoms with Gasteiger partial charge in [-0.1, -0.05) is 13.0 Å². The lowest BCUT2D eigenvalue weighted by Crippen LogP contribution is -2.38. The highest BCUT2D eigenvalue weighted by Crippen LogP contribution is 2.21. The number of hydrogen-bond acceptors (Lipinski definition) is 3. The maximum Gasteiger partial charge on any atom is 0.315 e. The fraction of sp³-hybridized carbons (Fsp3) is 0.583. The molecule has 0 radical (unpaired) electrons. The summed E-state index contributed by atoms with van der Waals surface area (Å²) in [6.45, 7) is 4.24. The van der Waals surface area contributed by atoms with Gasteiger partial charge in [0.25, 0.3) is 0 Å². The Morgan fingerprint density at radius 1 is 1.59 bits per heavy atom. The van der Waals surface area contributed by atoms with Crippen molar-refractivity contribution in [3.63, 3.8) is 0 Å². The topological polar surface area (TPSA) is 61.4 Å². The zero-order valence-electron chi connectivity index (χ0n) is 10.3. The van der Waals surface area contributed by atoms with Crippen molar-refractivity contribution >= 4 is 17.4 Å². The van der Waals surface area contributed by atoms with E-state index >= 15 is 0 Å². The molecule has 1 aromatic rings. The molecule has 0 aliphatic rings. The van der Waals surface area contributed by atoms with Crippen LogP contribution in [0.25, 0.3) is 0 Å². The van der Waals surface area contributed by atoms with E-state index in [4.69, 9.17) is 5.11 Å². The molecular weight excluding hydrogens is 236 g/mol. The normalized spacial score (nSPS) is 14.1. The van der Waals surface area contributed by atoms with Gasteiger partial charge in [-0.15, -0.1) is 11.3 Å². The molecule has 2 atom stereocenters. The molecule has 0 aliphatic heterocycles. The predicted molar refractivity (Wildman–Crippen MR) is 70.2 cm³/mol. The number of thiophene rings is 1. The van der Waals surface area contributed by atoms with Crippen molar-refractivity contribution in [1.82, 2.24) is 10.6 Å². The SMILES string of the molecule is CCC(NC(=O)NCCC(C)O)c1cccs1. The van der Waals surface area contributed by atoms with E-state index in [1.807, 2.05) is 24.4 Å². The summed E-state index contributed by atoms with van der Waals surface area (Å²) in [4.78, 5) is 12.8. The molecule has 0 saturated carbocycles. The second kappa shape index (κ2) is 7.29. The number of carbonyl (C=O) groups excluding carboxylic acids is 1. The zero-order chi connectivity index (χ0) is 12.7. The fourth-order valence-electron chi connectivity index (χ4n) is 1.47. The molecule has 5 heteroatoms. The lowest BCUT2D eigenvalue weighted by atomic mass is 10.2. The molecule has 0 aromatic carbocycles. The Labute approximate surface area is 106 Å². The lowest BCUT2D eigenvalue weighted by molar-refractivity contribution is 0.183. The molecule has 2 unspecified atom stereocenters. The average Bonchev–Trinajstić information content (AvgIpc) is 2.78.